The highest BCUT2D eigenvalue weighted by Crippen LogP contribution is 2.28. The van der Waals surface area contributed by atoms with E-state index < -0.39 is 10.0 Å². The maximum atomic E-state index is 12.1. The number of carbonyl (C=O) groups is 1. The fraction of sp³-hybridized carbons (Fsp3) is 0.154. The fourth-order valence-electron chi connectivity index (χ4n) is 1.64. The van der Waals surface area contributed by atoms with Crippen LogP contribution in [0, 0.1) is 6.92 Å². The first kappa shape index (κ1) is 16.0. The van der Waals surface area contributed by atoms with E-state index >= 15 is 0 Å². The number of thiophene rings is 1. The molecule has 112 valence electrons. The van der Waals surface area contributed by atoms with Gasteiger partial charge in [0.25, 0.3) is 5.91 Å². The summed E-state index contributed by atoms with van der Waals surface area (Å²) in [5.41, 5.74) is 1.92. The molecule has 0 saturated carbocycles. The van der Waals surface area contributed by atoms with Crippen molar-refractivity contribution in [2.45, 2.75) is 6.92 Å². The van der Waals surface area contributed by atoms with Gasteiger partial charge in [-0.25, -0.2) is 8.42 Å². The molecule has 1 heterocycles. The van der Waals surface area contributed by atoms with Crippen molar-refractivity contribution in [1.29, 1.82) is 0 Å². The third-order valence-corrected chi connectivity index (χ3v) is 5.25. The number of sulfonamides is 1. The summed E-state index contributed by atoms with van der Waals surface area (Å²) in [5.74, 6) is -0.231. The van der Waals surface area contributed by atoms with Crippen LogP contribution in [0.25, 0.3) is 0 Å². The highest BCUT2D eigenvalue weighted by Gasteiger charge is 2.12. The molecular weight excluding hydrogens is 376 g/mol. The number of hydrogen-bond acceptors (Lipinski definition) is 4. The Bertz CT molecular complexity index is 765. The molecule has 0 aliphatic heterocycles. The normalized spacial score (nSPS) is 11.2. The maximum Gasteiger partial charge on any atom is 0.265 e. The summed E-state index contributed by atoms with van der Waals surface area (Å²) in [4.78, 5) is 12.7. The monoisotopic (exact) mass is 388 g/mol. The Balaban J connectivity index is 2.16. The van der Waals surface area contributed by atoms with Crippen molar-refractivity contribution in [2.75, 3.05) is 16.3 Å². The number of amides is 1. The van der Waals surface area contributed by atoms with Crippen LogP contribution >= 0.6 is 27.3 Å². The molecule has 5 nitrogen and oxygen atoms in total. The Hall–Kier alpha value is -1.38. The van der Waals surface area contributed by atoms with Crippen LogP contribution in [-0.2, 0) is 10.0 Å². The lowest BCUT2D eigenvalue weighted by atomic mass is 10.2. The standard InChI is InChI=1S/C13H13BrN2O3S2/c1-8-6-11(20-12(8)14)13(17)15-9-4-3-5-10(7-9)16-21(2,18)19/h3-7,16H,1-2H3,(H,15,17). The molecule has 8 heteroatoms. The molecule has 1 aromatic heterocycles. The summed E-state index contributed by atoms with van der Waals surface area (Å²) in [6, 6.07) is 8.33. The second kappa shape index (κ2) is 6.17. The lowest BCUT2D eigenvalue weighted by Crippen LogP contribution is -2.12. The molecule has 0 fully saturated rings. The van der Waals surface area contributed by atoms with Crippen molar-refractivity contribution >= 4 is 54.6 Å². The molecule has 2 aromatic rings. The summed E-state index contributed by atoms with van der Waals surface area (Å²) in [6.45, 7) is 1.91. The number of aryl methyl sites for hydroxylation is 1. The zero-order valence-electron chi connectivity index (χ0n) is 11.3. The quantitative estimate of drug-likeness (QED) is 0.841. The Morgan fingerprint density at radius 2 is 1.90 bits per heavy atom. The number of benzene rings is 1. The second-order valence-electron chi connectivity index (χ2n) is 4.48. The second-order valence-corrected chi connectivity index (χ2v) is 8.60. The zero-order valence-corrected chi connectivity index (χ0v) is 14.5. The van der Waals surface area contributed by atoms with Crippen LogP contribution < -0.4 is 10.0 Å². The maximum absolute atomic E-state index is 12.1. The largest absolute Gasteiger partial charge is 0.321 e. The topological polar surface area (TPSA) is 75.3 Å². The average Bonchev–Trinajstić information content (AvgIpc) is 2.68. The van der Waals surface area contributed by atoms with Crippen molar-refractivity contribution in [3.8, 4) is 0 Å². The lowest BCUT2D eigenvalue weighted by molar-refractivity contribution is 0.103. The molecule has 21 heavy (non-hydrogen) atoms. The van der Waals surface area contributed by atoms with Gasteiger partial charge in [0.05, 0.1) is 20.6 Å². The molecule has 0 unspecified atom stereocenters. The van der Waals surface area contributed by atoms with E-state index in [0.717, 1.165) is 15.6 Å². The summed E-state index contributed by atoms with van der Waals surface area (Å²) in [6.07, 6.45) is 1.07. The van der Waals surface area contributed by atoms with Gasteiger partial charge >= 0.3 is 0 Å². The Morgan fingerprint density at radius 3 is 2.48 bits per heavy atom. The first-order valence-electron chi connectivity index (χ1n) is 5.90. The number of nitrogens with one attached hydrogen (secondary N) is 2. The summed E-state index contributed by atoms with van der Waals surface area (Å²) in [7, 11) is -3.34. The smallest absolute Gasteiger partial charge is 0.265 e. The molecule has 2 N–H and O–H groups in total. The van der Waals surface area contributed by atoms with Crippen LogP contribution in [0.2, 0.25) is 0 Å². The fourth-order valence-corrected chi connectivity index (χ4v) is 3.62. The Morgan fingerprint density at radius 1 is 1.24 bits per heavy atom. The van der Waals surface area contributed by atoms with E-state index in [0.29, 0.717) is 16.3 Å². The van der Waals surface area contributed by atoms with Crippen LogP contribution in [0.3, 0.4) is 0 Å². The minimum absolute atomic E-state index is 0.231. The third-order valence-electron chi connectivity index (χ3n) is 2.50. The van der Waals surface area contributed by atoms with Gasteiger partial charge in [-0.2, -0.15) is 0 Å². The highest BCUT2D eigenvalue weighted by molar-refractivity contribution is 9.11. The van der Waals surface area contributed by atoms with Crippen molar-refractivity contribution in [3.05, 3.63) is 44.6 Å². The number of halogens is 1. The number of hydrogen-bond donors (Lipinski definition) is 2. The summed E-state index contributed by atoms with van der Waals surface area (Å²) >= 11 is 4.73. The van der Waals surface area contributed by atoms with Crippen molar-refractivity contribution in [2.24, 2.45) is 0 Å². The van der Waals surface area contributed by atoms with Gasteiger partial charge in [0.1, 0.15) is 0 Å². The van der Waals surface area contributed by atoms with Gasteiger partial charge in [-0.15, -0.1) is 11.3 Å². The lowest BCUT2D eigenvalue weighted by Gasteiger charge is -2.07. The molecule has 0 aliphatic rings. The van der Waals surface area contributed by atoms with Crippen LogP contribution in [0.1, 0.15) is 15.2 Å². The average molecular weight is 389 g/mol. The Labute approximate surface area is 135 Å². The number of anilines is 2. The van der Waals surface area contributed by atoms with E-state index in [1.807, 2.05) is 6.92 Å². The predicted octanol–water partition coefficient (Wildman–Crippen LogP) is 3.44. The highest BCUT2D eigenvalue weighted by atomic mass is 79.9. The molecular formula is C13H13BrN2O3S2. The molecule has 0 radical (unpaired) electrons. The number of carbonyl (C=O) groups excluding carboxylic acids is 1. The van der Waals surface area contributed by atoms with Crippen LogP contribution in [0.4, 0.5) is 11.4 Å². The minimum Gasteiger partial charge on any atom is -0.321 e. The first-order chi connectivity index (χ1) is 9.74. The van der Waals surface area contributed by atoms with Gasteiger partial charge in [0.2, 0.25) is 10.0 Å². The third kappa shape index (κ3) is 4.55. The van der Waals surface area contributed by atoms with E-state index in [9.17, 15) is 13.2 Å². The molecule has 2 rings (SSSR count). The van der Waals surface area contributed by atoms with Gasteiger partial charge < -0.3 is 5.32 Å². The first-order valence-corrected chi connectivity index (χ1v) is 9.40. The molecule has 0 bridgehead atoms. The molecule has 1 amide bonds. The van der Waals surface area contributed by atoms with Gasteiger partial charge in [-0.05, 0) is 52.7 Å². The van der Waals surface area contributed by atoms with Crippen molar-refractivity contribution < 1.29 is 13.2 Å². The van der Waals surface area contributed by atoms with Crippen LogP contribution in [0.5, 0.6) is 0 Å². The van der Waals surface area contributed by atoms with Gasteiger partial charge in [0.15, 0.2) is 0 Å². The van der Waals surface area contributed by atoms with E-state index in [4.69, 9.17) is 0 Å². The van der Waals surface area contributed by atoms with Crippen LogP contribution in [0.15, 0.2) is 34.1 Å². The van der Waals surface area contributed by atoms with E-state index in [2.05, 4.69) is 26.0 Å². The zero-order chi connectivity index (χ0) is 15.6. The molecule has 0 aliphatic carbocycles. The molecule has 1 aromatic carbocycles. The van der Waals surface area contributed by atoms with Gasteiger partial charge in [-0.3, -0.25) is 9.52 Å². The predicted molar refractivity (Wildman–Crippen MR) is 89.6 cm³/mol. The molecule has 0 atom stereocenters. The Kier molecular flexibility index (Phi) is 4.70. The minimum atomic E-state index is -3.34. The van der Waals surface area contributed by atoms with Gasteiger partial charge in [0, 0.05) is 5.69 Å². The van der Waals surface area contributed by atoms with Crippen molar-refractivity contribution in [3.63, 3.8) is 0 Å². The van der Waals surface area contributed by atoms with E-state index in [-0.39, 0.29) is 5.91 Å². The summed E-state index contributed by atoms with van der Waals surface area (Å²) in [5, 5.41) is 2.74. The van der Waals surface area contributed by atoms with Crippen LogP contribution in [-0.4, -0.2) is 20.6 Å². The van der Waals surface area contributed by atoms with E-state index in [1.54, 1.807) is 30.3 Å². The SMILES string of the molecule is Cc1cc(C(=O)Nc2cccc(NS(C)(=O)=O)c2)sc1Br. The van der Waals surface area contributed by atoms with E-state index in [1.165, 1.54) is 11.3 Å². The van der Waals surface area contributed by atoms with Gasteiger partial charge in [-0.1, -0.05) is 6.07 Å². The van der Waals surface area contributed by atoms with Crippen molar-refractivity contribution in [1.82, 2.24) is 0 Å². The molecule has 0 spiro atoms. The summed E-state index contributed by atoms with van der Waals surface area (Å²) < 4.78 is 25.7. The number of rotatable bonds is 4. The molecule has 0 saturated heterocycles.